The van der Waals surface area contributed by atoms with E-state index in [2.05, 4.69) is 10.2 Å². The first-order valence-electron chi connectivity index (χ1n) is 14.2. The van der Waals surface area contributed by atoms with Gasteiger partial charge in [-0.25, -0.2) is 19.2 Å². The summed E-state index contributed by atoms with van der Waals surface area (Å²) in [6.07, 6.45) is -7.05. The van der Waals surface area contributed by atoms with Crippen molar-refractivity contribution in [1.82, 2.24) is 0 Å². The molecular formula is C35H27NO9S. The minimum atomic E-state index is -1.50. The number of aliphatic imine (C=N–C) groups is 1. The molecule has 5 atom stereocenters. The third-order valence-electron chi connectivity index (χ3n) is 6.94. The number of thiocarbonyl (C=S) groups is 1. The van der Waals surface area contributed by atoms with Gasteiger partial charge in [-0.05, 0) is 60.7 Å². The second-order valence-electron chi connectivity index (χ2n) is 9.96. The number of nitrogens with zero attached hydrogens (tertiary/aromatic N) is 1. The summed E-state index contributed by atoms with van der Waals surface area (Å²) < 4.78 is 29.3. The second kappa shape index (κ2) is 15.5. The van der Waals surface area contributed by atoms with Crippen LogP contribution in [0.25, 0.3) is 0 Å². The van der Waals surface area contributed by atoms with Crippen LogP contribution < -0.4 is 0 Å². The Kier molecular flexibility index (Phi) is 10.8. The molecule has 0 amide bonds. The van der Waals surface area contributed by atoms with E-state index in [0.717, 1.165) is 0 Å². The van der Waals surface area contributed by atoms with E-state index in [9.17, 15) is 19.2 Å². The topological polar surface area (TPSA) is 127 Å². The molecule has 1 saturated heterocycles. The van der Waals surface area contributed by atoms with Gasteiger partial charge in [0.25, 0.3) is 0 Å². The molecule has 4 aromatic carbocycles. The first kappa shape index (κ1) is 31.9. The summed E-state index contributed by atoms with van der Waals surface area (Å²) >= 11 is 4.85. The first-order valence-corrected chi connectivity index (χ1v) is 14.6. The molecule has 1 aliphatic heterocycles. The van der Waals surface area contributed by atoms with E-state index >= 15 is 0 Å². The zero-order valence-corrected chi connectivity index (χ0v) is 25.0. The second-order valence-corrected chi connectivity index (χ2v) is 10.1. The van der Waals surface area contributed by atoms with Gasteiger partial charge in [0, 0.05) is 0 Å². The molecule has 232 valence electrons. The number of esters is 4. The Hall–Kier alpha value is -5.48. The van der Waals surface area contributed by atoms with Crippen molar-refractivity contribution in [1.29, 1.82) is 0 Å². The Bertz CT molecular complexity index is 1700. The molecular weight excluding hydrogens is 610 g/mol. The van der Waals surface area contributed by atoms with E-state index in [1.165, 1.54) is 36.4 Å². The van der Waals surface area contributed by atoms with E-state index in [-0.39, 0.29) is 22.3 Å². The fourth-order valence-electron chi connectivity index (χ4n) is 4.70. The van der Waals surface area contributed by atoms with Gasteiger partial charge in [-0.15, -0.1) is 0 Å². The van der Waals surface area contributed by atoms with Gasteiger partial charge in [0.2, 0.25) is 0 Å². The molecule has 1 aliphatic rings. The van der Waals surface area contributed by atoms with E-state index in [0.29, 0.717) is 0 Å². The smallest absolute Gasteiger partial charge is 0.338 e. The van der Waals surface area contributed by atoms with Gasteiger partial charge >= 0.3 is 23.9 Å². The summed E-state index contributed by atoms with van der Waals surface area (Å²) in [6.45, 7) is -0.456. The van der Waals surface area contributed by atoms with Gasteiger partial charge in [-0.1, -0.05) is 72.8 Å². The average molecular weight is 638 g/mol. The minimum Gasteiger partial charge on any atom is -0.459 e. The maximum atomic E-state index is 13.4. The fourth-order valence-corrected chi connectivity index (χ4v) is 4.80. The normalized spacial score (nSPS) is 20.3. The van der Waals surface area contributed by atoms with Crippen LogP contribution in [-0.4, -0.2) is 66.3 Å². The quantitative estimate of drug-likeness (QED) is 0.0972. The van der Waals surface area contributed by atoms with Crippen LogP contribution in [0, 0.1) is 0 Å². The van der Waals surface area contributed by atoms with Crippen LogP contribution in [-0.2, 0) is 23.7 Å². The lowest BCUT2D eigenvalue weighted by atomic mass is 9.97. The fraction of sp³-hybridized carbons (Fsp3) is 0.171. The van der Waals surface area contributed by atoms with Crippen molar-refractivity contribution in [3.8, 4) is 0 Å². The zero-order valence-electron chi connectivity index (χ0n) is 24.2. The molecule has 0 N–H and O–H groups in total. The summed E-state index contributed by atoms with van der Waals surface area (Å²) in [6, 6.07) is 32.5. The maximum Gasteiger partial charge on any atom is 0.338 e. The van der Waals surface area contributed by atoms with Gasteiger partial charge in [-0.3, -0.25) is 0 Å². The van der Waals surface area contributed by atoms with E-state index in [1.54, 1.807) is 84.9 Å². The monoisotopic (exact) mass is 637 g/mol. The highest BCUT2D eigenvalue weighted by molar-refractivity contribution is 7.78. The Morgan fingerprint density at radius 2 is 0.935 bits per heavy atom. The van der Waals surface area contributed by atoms with Crippen molar-refractivity contribution < 1.29 is 42.9 Å². The van der Waals surface area contributed by atoms with Crippen LogP contribution in [0.2, 0.25) is 0 Å². The molecule has 0 aromatic heterocycles. The number of ether oxygens (including phenoxy) is 5. The van der Waals surface area contributed by atoms with Crippen LogP contribution in [0.3, 0.4) is 0 Å². The van der Waals surface area contributed by atoms with Gasteiger partial charge in [0.15, 0.2) is 24.5 Å². The molecule has 1 fully saturated rings. The number of rotatable bonds is 10. The highest BCUT2D eigenvalue weighted by atomic mass is 32.1. The molecule has 0 radical (unpaired) electrons. The summed E-state index contributed by atoms with van der Waals surface area (Å²) in [4.78, 5) is 57.0. The Morgan fingerprint density at radius 3 is 1.35 bits per heavy atom. The van der Waals surface area contributed by atoms with E-state index in [4.69, 9.17) is 35.9 Å². The van der Waals surface area contributed by atoms with Gasteiger partial charge in [-0.2, -0.15) is 4.99 Å². The van der Waals surface area contributed by atoms with Gasteiger partial charge < -0.3 is 23.7 Å². The maximum absolute atomic E-state index is 13.4. The third kappa shape index (κ3) is 7.96. The molecule has 5 rings (SSSR count). The molecule has 10 nitrogen and oxygen atoms in total. The highest BCUT2D eigenvalue weighted by Crippen LogP contribution is 2.31. The molecule has 0 saturated carbocycles. The van der Waals surface area contributed by atoms with Crippen LogP contribution in [0.1, 0.15) is 41.4 Å². The number of benzene rings is 4. The number of isothiocyanates is 1. The lowest BCUT2D eigenvalue weighted by Gasteiger charge is -2.43. The van der Waals surface area contributed by atoms with Crippen LogP contribution in [0.4, 0.5) is 0 Å². The Balaban J connectivity index is 1.53. The van der Waals surface area contributed by atoms with Crippen LogP contribution >= 0.6 is 12.2 Å². The highest BCUT2D eigenvalue weighted by Gasteiger charge is 2.53. The first-order chi connectivity index (χ1) is 22.4. The SMILES string of the molecule is O=C(OC[C@H]1O[C@@H](N=C=S)[C@H](OC(=O)c2ccccc2)[C@@H](OC(=O)c2ccccc2)[C@@H]1OC(=O)c1ccccc1)c1ccccc1. The van der Waals surface area contributed by atoms with E-state index in [1.807, 2.05) is 0 Å². The van der Waals surface area contributed by atoms with Crippen molar-refractivity contribution in [2.24, 2.45) is 4.99 Å². The summed E-state index contributed by atoms with van der Waals surface area (Å²) in [5.74, 6) is -3.07. The predicted octanol–water partition coefficient (Wildman–Crippen LogP) is 5.35. The van der Waals surface area contributed by atoms with Crippen molar-refractivity contribution in [3.63, 3.8) is 0 Å². The average Bonchev–Trinajstić information content (AvgIpc) is 3.11. The van der Waals surface area contributed by atoms with Crippen molar-refractivity contribution in [2.75, 3.05) is 6.61 Å². The zero-order chi connectivity index (χ0) is 32.3. The molecule has 0 spiro atoms. The molecule has 4 aromatic rings. The third-order valence-corrected chi connectivity index (χ3v) is 7.04. The van der Waals surface area contributed by atoms with Crippen molar-refractivity contribution in [2.45, 2.75) is 30.6 Å². The number of carbonyl (C=O) groups is 4. The van der Waals surface area contributed by atoms with Gasteiger partial charge in [0.05, 0.1) is 27.4 Å². The van der Waals surface area contributed by atoms with E-state index < -0.39 is 61.1 Å². The number of hydrogen-bond acceptors (Lipinski definition) is 11. The lowest BCUT2D eigenvalue weighted by Crippen LogP contribution is -2.62. The molecule has 1 heterocycles. The minimum absolute atomic E-state index is 0.178. The summed E-state index contributed by atoms with van der Waals surface area (Å²) in [5.41, 5.74) is 0.827. The largest absolute Gasteiger partial charge is 0.459 e. The molecule has 0 bridgehead atoms. The molecule has 46 heavy (non-hydrogen) atoms. The molecule has 0 aliphatic carbocycles. The Morgan fingerprint density at radius 1 is 0.565 bits per heavy atom. The van der Waals surface area contributed by atoms with Crippen LogP contribution in [0.5, 0.6) is 0 Å². The predicted molar refractivity (Wildman–Crippen MR) is 167 cm³/mol. The summed E-state index contributed by atoms with van der Waals surface area (Å²) in [5, 5.41) is 2.21. The number of hydrogen-bond donors (Lipinski definition) is 0. The van der Waals surface area contributed by atoms with Gasteiger partial charge in [0.1, 0.15) is 12.7 Å². The lowest BCUT2D eigenvalue weighted by molar-refractivity contribution is -0.226. The van der Waals surface area contributed by atoms with Crippen molar-refractivity contribution >= 4 is 41.3 Å². The summed E-state index contributed by atoms with van der Waals surface area (Å²) in [7, 11) is 0. The molecule has 11 heteroatoms. The number of carbonyl (C=O) groups excluding carboxylic acids is 4. The Labute approximate surface area is 269 Å². The van der Waals surface area contributed by atoms with Crippen LogP contribution in [0.15, 0.2) is 126 Å². The molecule has 0 unspecified atom stereocenters. The van der Waals surface area contributed by atoms with Crippen molar-refractivity contribution in [3.05, 3.63) is 144 Å². The standard InChI is InChI=1S/C35H27NO9S/c37-32(23-13-5-1-6-14-23)41-21-27-28(43-33(38)24-15-7-2-8-16-24)29(44-34(39)25-17-9-3-10-18-25)30(31(42-27)36-22-46)45-35(40)26-19-11-4-12-20-26/h1-20,27-31H,21H2/t27-,28-,29+,30-,31-/m1/s1.